The first-order valence-electron chi connectivity index (χ1n) is 12.9. The Labute approximate surface area is 231 Å². The van der Waals surface area contributed by atoms with Crippen molar-refractivity contribution in [1.29, 1.82) is 0 Å². The van der Waals surface area contributed by atoms with Gasteiger partial charge in [0.1, 0.15) is 11.5 Å². The molecule has 1 heterocycles. The number of hydrogen-bond donors (Lipinski definition) is 2. The number of fused-ring (bicyclic) bond motifs is 1. The zero-order chi connectivity index (χ0) is 28.3. The van der Waals surface area contributed by atoms with Crippen LogP contribution in [0.1, 0.15) is 41.5 Å². The van der Waals surface area contributed by atoms with E-state index in [2.05, 4.69) is 22.3 Å². The second-order valence-electron chi connectivity index (χ2n) is 9.90. The minimum absolute atomic E-state index is 0.354. The third kappa shape index (κ3) is 6.10. The molecule has 40 heavy (non-hydrogen) atoms. The maximum absolute atomic E-state index is 14.5. The molecule has 7 nitrogen and oxygen atoms in total. The van der Waals surface area contributed by atoms with E-state index in [0.29, 0.717) is 22.4 Å². The Kier molecular flexibility index (Phi) is 7.75. The summed E-state index contributed by atoms with van der Waals surface area (Å²) in [6.07, 6.45) is 5.91. The number of carboxylic acids is 1. The molecule has 1 aliphatic rings. The van der Waals surface area contributed by atoms with Crippen LogP contribution < -0.4 is 0 Å². The van der Waals surface area contributed by atoms with Gasteiger partial charge in [0.25, 0.3) is 0 Å². The van der Waals surface area contributed by atoms with Crippen molar-refractivity contribution in [2.75, 3.05) is 11.5 Å². The number of aromatic amines is 1. The van der Waals surface area contributed by atoms with E-state index < -0.39 is 39.0 Å². The van der Waals surface area contributed by atoms with Gasteiger partial charge >= 0.3 is 5.97 Å². The Bertz CT molecular complexity index is 1740. The van der Waals surface area contributed by atoms with Crippen molar-refractivity contribution in [2.45, 2.75) is 19.3 Å². The maximum Gasteiger partial charge on any atom is 0.318 e. The molecule has 3 aromatic carbocycles. The molecular formula is C31H27FN2O5S. The Morgan fingerprint density at radius 3 is 2.30 bits per heavy atom. The lowest BCUT2D eigenvalue weighted by atomic mass is 9.73. The van der Waals surface area contributed by atoms with E-state index in [4.69, 9.17) is 5.11 Å². The number of nitrogens with one attached hydrogen (secondary N) is 1. The first-order chi connectivity index (χ1) is 19.2. The minimum Gasteiger partial charge on any atom is -0.480 e. The molecule has 9 heteroatoms. The van der Waals surface area contributed by atoms with Crippen molar-refractivity contribution in [2.24, 2.45) is 5.92 Å². The first-order valence-corrected chi connectivity index (χ1v) is 14.7. The molecular weight excluding hydrogens is 531 g/mol. The Balaban J connectivity index is 1.54. The summed E-state index contributed by atoms with van der Waals surface area (Å²) >= 11 is 0. The average Bonchev–Trinajstić information content (AvgIpc) is 3.26. The molecule has 0 unspecified atom stereocenters. The van der Waals surface area contributed by atoms with E-state index in [1.165, 1.54) is 11.6 Å². The van der Waals surface area contributed by atoms with Gasteiger partial charge in [-0.3, -0.25) is 14.7 Å². The quantitative estimate of drug-likeness (QED) is 0.195. The second kappa shape index (κ2) is 11.4. The number of sulfone groups is 1. The van der Waals surface area contributed by atoms with E-state index in [1.807, 2.05) is 54.6 Å². The van der Waals surface area contributed by atoms with E-state index in [9.17, 15) is 22.4 Å². The number of rotatable bonds is 10. The van der Waals surface area contributed by atoms with E-state index in [0.717, 1.165) is 47.6 Å². The van der Waals surface area contributed by atoms with Crippen LogP contribution in [-0.4, -0.2) is 47.0 Å². The molecule has 0 spiro atoms. The van der Waals surface area contributed by atoms with Crippen LogP contribution in [0.2, 0.25) is 0 Å². The molecule has 1 fully saturated rings. The van der Waals surface area contributed by atoms with Gasteiger partial charge in [0, 0.05) is 0 Å². The van der Waals surface area contributed by atoms with Gasteiger partial charge < -0.3 is 5.11 Å². The highest BCUT2D eigenvalue weighted by Crippen LogP contribution is 2.45. The maximum atomic E-state index is 14.5. The molecule has 5 rings (SSSR count). The van der Waals surface area contributed by atoms with Crippen LogP contribution in [0.3, 0.4) is 0 Å². The molecule has 1 aliphatic carbocycles. The van der Waals surface area contributed by atoms with Crippen LogP contribution in [0, 0.1) is 11.9 Å². The SMILES string of the molecule is O=C(O)CS(=O)(=O)CC(=O)/C=C/c1ccc(/C(=C(\c2ccccc2)C2CCC2)c2ccc3n[nH]c(F)c3c2)cc1. The summed E-state index contributed by atoms with van der Waals surface area (Å²) in [6, 6.07) is 23.2. The predicted octanol–water partition coefficient (Wildman–Crippen LogP) is 5.54. The van der Waals surface area contributed by atoms with Crippen molar-refractivity contribution >= 4 is 49.7 Å². The lowest BCUT2D eigenvalue weighted by Crippen LogP contribution is -2.22. The van der Waals surface area contributed by atoms with Crippen molar-refractivity contribution in [3.63, 3.8) is 0 Å². The minimum atomic E-state index is -4.03. The third-order valence-electron chi connectivity index (χ3n) is 7.03. The number of benzene rings is 3. The third-order valence-corrected chi connectivity index (χ3v) is 8.44. The summed E-state index contributed by atoms with van der Waals surface area (Å²) < 4.78 is 38.1. The van der Waals surface area contributed by atoms with Crippen molar-refractivity contribution in [1.82, 2.24) is 10.2 Å². The highest BCUT2D eigenvalue weighted by Gasteiger charge is 2.27. The Morgan fingerprint density at radius 2 is 1.65 bits per heavy atom. The number of allylic oxidation sites excluding steroid dienone is 2. The second-order valence-corrected chi connectivity index (χ2v) is 12.0. The van der Waals surface area contributed by atoms with Crippen LogP contribution >= 0.6 is 0 Å². The smallest absolute Gasteiger partial charge is 0.318 e. The summed E-state index contributed by atoms with van der Waals surface area (Å²) in [6.45, 7) is 0. The normalized spacial score (nSPS) is 14.7. The Hall–Kier alpha value is -4.37. The summed E-state index contributed by atoms with van der Waals surface area (Å²) in [5.74, 6) is -4.28. The van der Waals surface area contributed by atoms with Gasteiger partial charge in [-0.05, 0) is 70.4 Å². The molecule has 204 valence electrons. The van der Waals surface area contributed by atoms with Crippen molar-refractivity contribution in [3.8, 4) is 0 Å². The van der Waals surface area contributed by atoms with E-state index >= 15 is 0 Å². The first kappa shape index (κ1) is 27.2. The fraction of sp³-hybridized carbons (Fsp3) is 0.194. The number of H-pyrrole nitrogens is 1. The topological polar surface area (TPSA) is 117 Å². The summed E-state index contributed by atoms with van der Waals surface area (Å²) in [5.41, 5.74) is 6.28. The van der Waals surface area contributed by atoms with Crippen LogP contribution in [0.25, 0.3) is 28.1 Å². The lowest BCUT2D eigenvalue weighted by molar-refractivity contribution is -0.134. The van der Waals surface area contributed by atoms with Crippen LogP contribution in [0.15, 0.2) is 78.9 Å². The number of carbonyl (C=O) groups excluding carboxylic acids is 1. The molecule has 0 atom stereocenters. The molecule has 0 saturated heterocycles. The number of ketones is 1. The standard InChI is InChI=1S/C31H27FN2O5S/c32-31-26-17-24(14-16-27(26)33-34-31)30(29(22-7-4-8-22)21-5-2-1-3-6-21)23-12-9-20(10-13-23)11-15-25(35)18-40(38,39)19-28(36)37/h1-3,5-6,9-17,22H,4,7-8,18-19H2,(H,33,34)(H,36,37)/b15-11+,30-29-. The van der Waals surface area contributed by atoms with Gasteiger partial charge in [0.15, 0.2) is 15.6 Å². The van der Waals surface area contributed by atoms with Gasteiger partial charge in [0.05, 0.1) is 10.9 Å². The lowest BCUT2D eigenvalue weighted by Gasteiger charge is -2.31. The highest BCUT2D eigenvalue weighted by molar-refractivity contribution is 7.92. The van der Waals surface area contributed by atoms with Gasteiger partial charge in [-0.15, -0.1) is 0 Å². The fourth-order valence-corrected chi connectivity index (χ4v) is 5.97. The molecule has 4 aromatic rings. The largest absolute Gasteiger partial charge is 0.480 e. The van der Waals surface area contributed by atoms with Crippen LogP contribution in [-0.2, 0) is 19.4 Å². The van der Waals surface area contributed by atoms with Crippen molar-refractivity contribution < 1.29 is 27.5 Å². The number of halogens is 1. The zero-order valence-corrected chi connectivity index (χ0v) is 22.3. The number of nitrogens with zero attached hydrogens (tertiary/aromatic N) is 1. The number of hydrogen-bond acceptors (Lipinski definition) is 5. The molecule has 0 aliphatic heterocycles. The van der Waals surface area contributed by atoms with Gasteiger partial charge in [-0.2, -0.15) is 9.49 Å². The molecule has 0 amide bonds. The van der Waals surface area contributed by atoms with Gasteiger partial charge in [0.2, 0.25) is 5.95 Å². The fourth-order valence-electron chi connectivity index (χ4n) is 4.96. The molecule has 0 bridgehead atoms. The van der Waals surface area contributed by atoms with Gasteiger partial charge in [-0.1, -0.05) is 73.2 Å². The van der Waals surface area contributed by atoms with Crippen LogP contribution in [0.5, 0.6) is 0 Å². The average molecular weight is 559 g/mol. The van der Waals surface area contributed by atoms with E-state index in [1.54, 1.807) is 6.07 Å². The molecule has 1 saturated carbocycles. The number of aromatic nitrogens is 2. The summed E-state index contributed by atoms with van der Waals surface area (Å²) in [4.78, 5) is 22.8. The molecule has 2 N–H and O–H groups in total. The van der Waals surface area contributed by atoms with Gasteiger partial charge in [-0.25, -0.2) is 8.42 Å². The summed E-state index contributed by atoms with van der Waals surface area (Å²) in [7, 11) is -4.03. The molecule has 1 aromatic heterocycles. The highest BCUT2D eigenvalue weighted by atomic mass is 32.2. The zero-order valence-electron chi connectivity index (χ0n) is 21.5. The number of carboxylic acid groups (broad SMARTS) is 1. The van der Waals surface area contributed by atoms with E-state index in [-0.39, 0.29) is 0 Å². The number of carbonyl (C=O) groups is 2. The number of aliphatic carboxylic acids is 1. The predicted molar refractivity (Wildman–Crippen MR) is 153 cm³/mol. The van der Waals surface area contributed by atoms with Crippen LogP contribution in [0.4, 0.5) is 4.39 Å². The monoisotopic (exact) mass is 558 g/mol. The summed E-state index contributed by atoms with van der Waals surface area (Å²) in [5, 5.41) is 15.5. The van der Waals surface area contributed by atoms with Crippen molar-refractivity contribution in [3.05, 3.63) is 107 Å². The Morgan fingerprint density at radius 1 is 0.950 bits per heavy atom. The molecule has 0 radical (unpaired) electrons.